The second kappa shape index (κ2) is 15.6. The molecule has 1 heterocycles. The molecule has 7 unspecified atom stereocenters. The van der Waals surface area contributed by atoms with E-state index in [-0.39, 0.29) is 46.8 Å². The van der Waals surface area contributed by atoms with Gasteiger partial charge in [0, 0.05) is 23.7 Å². The van der Waals surface area contributed by atoms with Crippen molar-refractivity contribution in [2.24, 2.45) is 68.5 Å². The fourth-order valence-electron chi connectivity index (χ4n) is 14.2. The summed E-state index contributed by atoms with van der Waals surface area (Å²) in [5, 5.41) is 10.6. The molecule has 10 bridgehead atoms. The van der Waals surface area contributed by atoms with Crippen LogP contribution >= 0.6 is 0 Å². The van der Waals surface area contributed by atoms with Crippen LogP contribution in [0.25, 0.3) is 0 Å². The Morgan fingerprint density at radius 2 is 1.13 bits per heavy atom. The van der Waals surface area contributed by atoms with Gasteiger partial charge in [-0.05, 0) is 188 Å². The minimum absolute atomic E-state index is 0.00857. The van der Waals surface area contributed by atoms with Crippen molar-refractivity contribution in [3.05, 3.63) is 0 Å². The molecule has 0 radical (unpaired) electrons. The lowest BCUT2D eigenvalue weighted by Gasteiger charge is -2.61. The van der Waals surface area contributed by atoms with E-state index in [2.05, 4.69) is 20.8 Å². The number of carbonyl (C=O) groups excluding carboxylic acids is 4. The third-order valence-electron chi connectivity index (χ3n) is 18.6. The van der Waals surface area contributed by atoms with E-state index in [1.165, 1.54) is 44.9 Å². The smallest absolute Gasteiger partial charge is 0.405 e. The highest BCUT2D eigenvalue weighted by Gasteiger charge is 2.80. The third-order valence-corrected chi connectivity index (χ3v) is 18.6. The zero-order valence-corrected chi connectivity index (χ0v) is 39.6. The van der Waals surface area contributed by atoms with E-state index in [4.69, 9.17) is 18.9 Å². The highest BCUT2D eigenvalue weighted by Crippen LogP contribution is 2.68. The minimum Gasteiger partial charge on any atom is -0.459 e. The molecule has 0 amide bonds. The van der Waals surface area contributed by atoms with Crippen molar-refractivity contribution < 1.29 is 56.4 Å². The van der Waals surface area contributed by atoms with E-state index < -0.39 is 64.0 Å². The summed E-state index contributed by atoms with van der Waals surface area (Å²) in [4.78, 5) is 49.0. The van der Waals surface area contributed by atoms with E-state index in [0.717, 1.165) is 56.3 Å². The van der Waals surface area contributed by atoms with Crippen LogP contribution in [0.1, 0.15) is 185 Å². The van der Waals surface area contributed by atoms with Crippen LogP contribution in [0.4, 0.5) is 13.2 Å². The first-order valence-electron chi connectivity index (χ1n) is 24.2. The van der Waals surface area contributed by atoms with Crippen LogP contribution in [0.15, 0.2) is 0 Å². The van der Waals surface area contributed by atoms with Crippen molar-refractivity contribution in [3.63, 3.8) is 0 Å². The predicted molar refractivity (Wildman–Crippen MR) is 226 cm³/mol. The van der Waals surface area contributed by atoms with Gasteiger partial charge in [-0.2, -0.15) is 13.2 Å². The molecular weight excluding hydrogens is 802 g/mol. The average molecular weight is 879 g/mol. The fraction of sp³-hybridized carbons (Fsp3) is 0.920. The number of alkyl halides is 3. The Kier molecular flexibility index (Phi) is 12.0. The normalized spacial score (nSPS) is 40.9. The molecule has 1 saturated heterocycles. The van der Waals surface area contributed by atoms with E-state index in [1.807, 2.05) is 41.5 Å². The summed E-state index contributed by atoms with van der Waals surface area (Å²) in [7, 11) is 0. The molecule has 12 heteroatoms. The molecular formula is C50H77F3O9. The predicted octanol–water partition coefficient (Wildman–Crippen LogP) is 10.9. The standard InChI is InChI=1S/C19H32O2.C16H26O3.C15H19F3O4/c1-6-17(2,3)16(20)21-18(4,5)19-10-13-7-14(11-19)9-15(8-13)12-19;1-4-14(2,3)13(17)19-16-8-11-5-12(9-16)7-15(18,6-11)10-16;1-4-13(2,3)11(19)21-9-7-5-8-10(9)22-12(20)14(8,6-7)15(16,17)18/h13-15H,6-12H2,1-5H3;11-12,18H,4-10H2,1-3H3;7-10H,4-6H2,1-3H3. The number of esters is 4. The number of hydrogen-bond donors (Lipinski definition) is 1. The van der Waals surface area contributed by atoms with Gasteiger partial charge in [0.2, 0.25) is 0 Å². The Morgan fingerprint density at radius 1 is 0.661 bits per heavy atom. The van der Waals surface area contributed by atoms with Gasteiger partial charge in [0.05, 0.1) is 21.8 Å². The van der Waals surface area contributed by atoms with Gasteiger partial charge in [0.15, 0.2) is 5.41 Å². The Bertz CT molecular complexity index is 1710. The second-order valence-corrected chi connectivity index (χ2v) is 24.6. The molecule has 352 valence electrons. The molecule has 9 nitrogen and oxygen atoms in total. The zero-order valence-electron chi connectivity index (χ0n) is 39.6. The monoisotopic (exact) mass is 879 g/mol. The fourth-order valence-corrected chi connectivity index (χ4v) is 14.2. The first-order valence-corrected chi connectivity index (χ1v) is 24.2. The highest BCUT2D eigenvalue weighted by atomic mass is 19.4. The molecule has 11 fully saturated rings. The van der Waals surface area contributed by atoms with Crippen LogP contribution in [0, 0.1) is 68.5 Å². The van der Waals surface area contributed by atoms with E-state index >= 15 is 0 Å². The number of ether oxygens (including phenoxy) is 4. The summed E-state index contributed by atoms with van der Waals surface area (Å²) in [6.45, 7) is 21.7. The van der Waals surface area contributed by atoms with Crippen molar-refractivity contribution in [2.75, 3.05) is 0 Å². The van der Waals surface area contributed by atoms with Crippen LogP contribution < -0.4 is 0 Å². The summed E-state index contributed by atoms with van der Waals surface area (Å²) in [5.74, 6) is 0.681. The van der Waals surface area contributed by atoms with Crippen molar-refractivity contribution in [1.82, 2.24) is 0 Å². The molecule has 7 atom stereocenters. The van der Waals surface area contributed by atoms with Gasteiger partial charge in [0.1, 0.15) is 23.4 Å². The first-order chi connectivity index (χ1) is 28.5. The number of rotatable bonds is 10. The number of hydrogen-bond acceptors (Lipinski definition) is 9. The zero-order chi connectivity index (χ0) is 45.9. The average Bonchev–Trinajstić information content (AvgIpc) is 3.76. The van der Waals surface area contributed by atoms with Gasteiger partial charge < -0.3 is 24.1 Å². The molecule has 0 aromatic heterocycles. The lowest BCUT2D eigenvalue weighted by Crippen LogP contribution is -2.61. The van der Waals surface area contributed by atoms with E-state index in [0.29, 0.717) is 24.7 Å². The van der Waals surface area contributed by atoms with Crippen LogP contribution in [0.2, 0.25) is 0 Å². The Hall–Kier alpha value is -2.37. The van der Waals surface area contributed by atoms with Crippen LogP contribution in [-0.4, -0.2) is 64.2 Å². The van der Waals surface area contributed by atoms with Gasteiger partial charge in [-0.25, -0.2) is 0 Å². The molecule has 0 spiro atoms. The number of fused-ring (bicyclic) bond motifs is 1. The molecule has 0 aromatic rings. The van der Waals surface area contributed by atoms with Crippen LogP contribution in [-0.2, 0) is 38.1 Å². The number of halogens is 3. The third kappa shape index (κ3) is 8.15. The summed E-state index contributed by atoms with van der Waals surface area (Å²) in [5.41, 5.74) is -4.83. The highest BCUT2D eigenvalue weighted by molar-refractivity contribution is 5.83. The van der Waals surface area contributed by atoms with Crippen molar-refractivity contribution in [2.45, 2.75) is 221 Å². The van der Waals surface area contributed by atoms with Gasteiger partial charge in [-0.3, -0.25) is 19.2 Å². The molecule has 11 rings (SSSR count). The Labute approximate surface area is 368 Å². The summed E-state index contributed by atoms with van der Waals surface area (Å²) in [6, 6.07) is 0. The maximum absolute atomic E-state index is 13.4. The number of aliphatic hydroxyl groups is 1. The van der Waals surface area contributed by atoms with E-state index in [9.17, 15) is 37.5 Å². The molecule has 10 aliphatic carbocycles. The van der Waals surface area contributed by atoms with Crippen molar-refractivity contribution in [1.29, 1.82) is 0 Å². The molecule has 1 aliphatic heterocycles. The quantitative estimate of drug-likeness (QED) is 0.169. The Morgan fingerprint density at radius 3 is 1.60 bits per heavy atom. The number of carbonyl (C=O) groups is 4. The maximum atomic E-state index is 13.4. The van der Waals surface area contributed by atoms with Gasteiger partial charge in [-0.1, -0.05) is 20.8 Å². The molecule has 1 N–H and O–H groups in total. The topological polar surface area (TPSA) is 125 Å². The van der Waals surface area contributed by atoms with Crippen LogP contribution in [0.5, 0.6) is 0 Å². The summed E-state index contributed by atoms with van der Waals surface area (Å²) in [6.07, 6.45) is 9.57. The second-order valence-electron chi connectivity index (χ2n) is 24.6. The summed E-state index contributed by atoms with van der Waals surface area (Å²) < 4.78 is 62.7. The maximum Gasteiger partial charge on any atom is 0.405 e. The van der Waals surface area contributed by atoms with Gasteiger partial charge in [-0.15, -0.1) is 0 Å². The van der Waals surface area contributed by atoms with Crippen molar-refractivity contribution >= 4 is 23.9 Å². The summed E-state index contributed by atoms with van der Waals surface area (Å²) >= 11 is 0. The lowest BCUT2D eigenvalue weighted by atomic mass is 9.46. The largest absolute Gasteiger partial charge is 0.459 e. The first kappa shape index (κ1) is 47.6. The lowest BCUT2D eigenvalue weighted by molar-refractivity contribution is -0.231. The van der Waals surface area contributed by atoms with Gasteiger partial charge in [0.25, 0.3) is 0 Å². The van der Waals surface area contributed by atoms with Gasteiger partial charge >= 0.3 is 30.1 Å². The Balaban J connectivity index is 0.000000140. The molecule has 62 heavy (non-hydrogen) atoms. The molecule has 10 saturated carbocycles. The van der Waals surface area contributed by atoms with Crippen molar-refractivity contribution in [3.8, 4) is 0 Å². The van der Waals surface area contributed by atoms with E-state index in [1.54, 1.807) is 13.8 Å². The SMILES string of the molecule is CCC(C)(C)C(=O)OC(C)(C)C12CC3CC(CC(C3)C1)C2.CCC(C)(C)C(=O)OC12CC3CC(CC(O)(C3)C1)C2.CCC(C)(C)C(=O)OC1C2CC3C1OC(=O)C3(C(F)(F)F)C2. The molecule has 0 aromatic carbocycles. The minimum atomic E-state index is -4.62. The molecule has 11 aliphatic rings. The van der Waals surface area contributed by atoms with Crippen LogP contribution in [0.3, 0.4) is 0 Å².